The molecular weight excluding hydrogens is 301 g/mol. The van der Waals surface area contributed by atoms with Crippen LogP contribution in [0, 0.1) is 12.7 Å². The monoisotopic (exact) mass is 315 g/mol. The molecule has 1 amide bonds. The van der Waals surface area contributed by atoms with Crippen molar-refractivity contribution < 1.29 is 13.9 Å². The Morgan fingerprint density at radius 3 is 2.82 bits per heavy atom. The normalized spacial score (nSPS) is 10.7. The summed E-state index contributed by atoms with van der Waals surface area (Å²) in [6, 6.07) is 10.5. The van der Waals surface area contributed by atoms with Crippen LogP contribution in [0.15, 0.2) is 41.8 Å². The predicted molar refractivity (Wildman–Crippen MR) is 87.5 cm³/mol. The molecule has 22 heavy (non-hydrogen) atoms. The Hall–Kier alpha value is -2.40. The van der Waals surface area contributed by atoms with Crippen molar-refractivity contribution in [3.05, 3.63) is 58.7 Å². The molecule has 1 N–H and O–H groups in total. The van der Waals surface area contributed by atoms with Crippen LogP contribution >= 0.6 is 11.3 Å². The van der Waals surface area contributed by atoms with Crippen LogP contribution in [-0.4, -0.2) is 13.0 Å². The summed E-state index contributed by atoms with van der Waals surface area (Å²) < 4.78 is 20.0. The first-order valence-electron chi connectivity index (χ1n) is 6.72. The molecule has 0 spiro atoms. The molecule has 0 aliphatic rings. The Balaban J connectivity index is 1.96. The fourth-order valence-corrected chi connectivity index (χ4v) is 3.21. The van der Waals surface area contributed by atoms with Gasteiger partial charge < -0.3 is 10.1 Å². The molecule has 3 nitrogen and oxygen atoms in total. The number of carbonyl (C=O) groups excluding carboxylic acids is 1. The third-order valence-electron chi connectivity index (χ3n) is 3.45. The SMILES string of the molecule is COc1cc(C)c(F)cc1NC(=O)c1csc2ccccc12. The number of rotatable bonds is 3. The fourth-order valence-electron chi connectivity index (χ4n) is 2.26. The number of amides is 1. The molecule has 112 valence electrons. The van der Waals surface area contributed by atoms with Crippen LogP contribution in [0.1, 0.15) is 15.9 Å². The molecule has 3 rings (SSSR count). The Morgan fingerprint density at radius 1 is 1.27 bits per heavy atom. The molecule has 0 atom stereocenters. The number of nitrogens with one attached hydrogen (secondary N) is 1. The Bertz CT molecular complexity index is 857. The largest absolute Gasteiger partial charge is 0.495 e. The van der Waals surface area contributed by atoms with Crippen molar-refractivity contribution in [3.8, 4) is 5.75 Å². The van der Waals surface area contributed by atoms with Gasteiger partial charge in [0.2, 0.25) is 0 Å². The van der Waals surface area contributed by atoms with E-state index >= 15 is 0 Å². The average molecular weight is 315 g/mol. The van der Waals surface area contributed by atoms with Crippen molar-refractivity contribution >= 4 is 33.0 Å². The number of halogens is 1. The number of fused-ring (bicyclic) bond motifs is 1. The first-order chi connectivity index (χ1) is 10.6. The van der Waals surface area contributed by atoms with E-state index in [-0.39, 0.29) is 11.7 Å². The van der Waals surface area contributed by atoms with Gasteiger partial charge in [-0.25, -0.2) is 4.39 Å². The lowest BCUT2D eigenvalue weighted by Gasteiger charge is -2.11. The molecule has 0 aliphatic carbocycles. The summed E-state index contributed by atoms with van der Waals surface area (Å²) in [7, 11) is 1.49. The second-order valence-corrected chi connectivity index (χ2v) is 5.81. The maximum atomic E-state index is 13.7. The fraction of sp³-hybridized carbons (Fsp3) is 0.118. The van der Waals surface area contributed by atoms with E-state index in [4.69, 9.17) is 4.74 Å². The number of hydrogen-bond donors (Lipinski definition) is 1. The van der Waals surface area contributed by atoms with Crippen molar-refractivity contribution in [2.75, 3.05) is 12.4 Å². The van der Waals surface area contributed by atoms with Crippen LogP contribution in [0.25, 0.3) is 10.1 Å². The van der Waals surface area contributed by atoms with E-state index in [1.54, 1.807) is 18.4 Å². The van der Waals surface area contributed by atoms with Crippen LogP contribution in [0.3, 0.4) is 0 Å². The van der Waals surface area contributed by atoms with Gasteiger partial charge in [0.25, 0.3) is 5.91 Å². The van der Waals surface area contributed by atoms with Crippen molar-refractivity contribution in [2.24, 2.45) is 0 Å². The van der Waals surface area contributed by atoms with Crippen LogP contribution in [-0.2, 0) is 0 Å². The molecular formula is C17H14FNO2S. The number of carbonyl (C=O) groups is 1. The molecule has 1 heterocycles. The van der Waals surface area contributed by atoms with E-state index in [9.17, 15) is 9.18 Å². The highest BCUT2D eigenvalue weighted by atomic mass is 32.1. The maximum Gasteiger partial charge on any atom is 0.257 e. The van der Waals surface area contributed by atoms with Crippen LogP contribution in [0.4, 0.5) is 10.1 Å². The first kappa shape index (κ1) is 14.5. The second-order valence-electron chi connectivity index (χ2n) is 4.90. The van der Waals surface area contributed by atoms with Gasteiger partial charge in [-0.2, -0.15) is 0 Å². The van der Waals surface area contributed by atoms with Crippen molar-refractivity contribution in [2.45, 2.75) is 6.92 Å². The van der Waals surface area contributed by atoms with Gasteiger partial charge in [-0.3, -0.25) is 4.79 Å². The van der Waals surface area contributed by atoms with Gasteiger partial charge in [0.15, 0.2) is 0 Å². The minimum Gasteiger partial charge on any atom is -0.495 e. The van der Waals surface area contributed by atoms with Gasteiger partial charge in [0, 0.05) is 21.5 Å². The summed E-state index contributed by atoms with van der Waals surface area (Å²) in [5.41, 5.74) is 1.37. The number of thiophene rings is 1. The second kappa shape index (κ2) is 5.77. The third-order valence-corrected chi connectivity index (χ3v) is 4.42. The van der Waals surface area contributed by atoms with Crippen LogP contribution < -0.4 is 10.1 Å². The molecule has 0 saturated carbocycles. The van der Waals surface area contributed by atoms with E-state index in [2.05, 4.69) is 5.32 Å². The highest BCUT2D eigenvalue weighted by Gasteiger charge is 2.15. The van der Waals surface area contributed by atoms with E-state index in [1.807, 2.05) is 24.3 Å². The summed E-state index contributed by atoms with van der Waals surface area (Å²) in [6.07, 6.45) is 0. The Labute approximate surface area is 131 Å². The zero-order valence-electron chi connectivity index (χ0n) is 12.1. The Morgan fingerprint density at radius 2 is 2.05 bits per heavy atom. The molecule has 0 bridgehead atoms. The number of hydrogen-bond acceptors (Lipinski definition) is 3. The first-order valence-corrected chi connectivity index (χ1v) is 7.60. The number of methoxy groups -OCH3 is 1. The highest BCUT2D eigenvalue weighted by molar-refractivity contribution is 7.17. The summed E-state index contributed by atoms with van der Waals surface area (Å²) in [4.78, 5) is 12.5. The van der Waals surface area contributed by atoms with Crippen LogP contribution in [0.5, 0.6) is 5.75 Å². The molecule has 0 fully saturated rings. The zero-order chi connectivity index (χ0) is 15.7. The van der Waals surface area contributed by atoms with Crippen molar-refractivity contribution in [1.29, 1.82) is 0 Å². The lowest BCUT2D eigenvalue weighted by molar-refractivity contribution is 0.102. The summed E-state index contributed by atoms with van der Waals surface area (Å²) >= 11 is 1.50. The van der Waals surface area contributed by atoms with Crippen LogP contribution in [0.2, 0.25) is 0 Å². The molecule has 0 unspecified atom stereocenters. The van der Waals surface area contributed by atoms with E-state index < -0.39 is 0 Å². The minimum absolute atomic E-state index is 0.279. The topological polar surface area (TPSA) is 38.3 Å². The standard InChI is InChI=1S/C17H14FNO2S/c1-10-7-15(21-2)14(8-13(10)18)19-17(20)12-9-22-16-6-4-3-5-11(12)16/h3-9H,1-2H3,(H,19,20). The molecule has 2 aromatic carbocycles. The van der Waals surface area contributed by atoms with Gasteiger partial charge in [0.1, 0.15) is 11.6 Å². The van der Waals surface area contributed by atoms with Gasteiger partial charge in [-0.15, -0.1) is 11.3 Å². The third kappa shape index (κ3) is 2.55. The minimum atomic E-state index is -0.383. The summed E-state index contributed by atoms with van der Waals surface area (Å²) in [6.45, 7) is 1.65. The van der Waals surface area contributed by atoms with Gasteiger partial charge in [-0.05, 0) is 24.6 Å². The number of benzene rings is 2. The predicted octanol–water partition coefficient (Wildman–Crippen LogP) is 4.61. The lowest BCUT2D eigenvalue weighted by atomic mass is 10.1. The molecule has 5 heteroatoms. The van der Waals surface area contributed by atoms with Gasteiger partial charge >= 0.3 is 0 Å². The summed E-state index contributed by atoms with van der Waals surface area (Å²) in [5.74, 6) is -0.225. The highest BCUT2D eigenvalue weighted by Crippen LogP contribution is 2.30. The number of aryl methyl sites for hydroxylation is 1. The van der Waals surface area contributed by atoms with Gasteiger partial charge in [0.05, 0.1) is 18.4 Å². The summed E-state index contributed by atoms with van der Waals surface area (Å²) in [5, 5.41) is 5.42. The van der Waals surface area contributed by atoms with Crippen molar-refractivity contribution in [1.82, 2.24) is 0 Å². The van der Waals surface area contributed by atoms with E-state index in [0.29, 0.717) is 22.6 Å². The van der Waals surface area contributed by atoms with Crippen molar-refractivity contribution in [3.63, 3.8) is 0 Å². The maximum absolute atomic E-state index is 13.7. The lowest BCUT2D eigenvalue weighted by Crippen LogP contribution is -2.12. The Kier molecular flexibility index (Phi) is 3.81. The molecule has 0 radical (unpaired) electrons. The van der Waals surface area contributed by atoms with E-state index in [0.717, 1.165) is 10.1 Å². The number of anilines is 1. The zero-order valence-corrected chi connectivity index (χ0v) is 13.0. The molecule has 0 aliphatic heterocycles. The molecule has 3 aromatic rings. The molecule has 0 saturated heterocycles. The average Bonchev–Trinajstić information content (AvgIpc) is 2.94. The molecule has 1 aromatic heterocycles. The quantitative estimate of drug-likeness (QED) is 0.766. The van der Waals surface area contributed by atoms with Gasteiger partial charge in [-0.1, -0.05) is 18.2 Å². The smallest absolute Gasteiger partial charge is 0.257 e. The number of ether oxygens (including phenoxy) is 1. The van der Waals surface area contributed by atoms with E-state index in [1.165, 1.54) is 24.5 Å².